The monoisotopic (exact) mass is 805 g/mol. The summed E-state index contributed by atoms with van der Waals surface area (Å²) in [4.78, 5) is 0. The molecule has 0 aromatic heterocycles. The standard InChI is InChI=1S/C24H24S2.C16H16S2.C8H8.Al.B.HN/c1-24(2,21-16-10-5-11-17-21)18-22(19-12-6-3-7-13-19)26-23(25)20-14-8-4-9-15-20;1-16(2,14-11-7-4-8-12-14)18-15(17)13-9-5-3-6-10-13;1-2-8-6-4-3-5-7-8;;;/h3-17,22H,18H2,1-2H3;3-12H,1-2H3;2-7H,1H2;;;1H. The summed E-state index contributed by atoms with van der Waals surface area (Å²) in [6.45, 7) is 12.7. The zero-order chi connectivity index (χ0) is 39.2. The van der Waals surface area contributed by atoms with Gasteiger partial charge in [0, 0.05) is 18.4 Å². The van der Waals surface area contributed by atoms with E-state index in [4.69, 9.17) is 28.8 Å². The maximum atomic E-state index is 5.77. The Morgan fingerprint density at radius 2 is 0.945 bits per heavy atom. The molecule has 0 spiro atoms. The fourth-order valence-electron chi connectivity index (χ4n) is 5.49. The first-order valence-corrected chi connectivity index (χ1v) is 20.8. The van der Waals surface area contributed by atoms with Gasteiger partial charge in [-0.15, -0.1) is 23.5 Å². The number of thioether (sulfide) groups is 2. The van der Waals surface area contributed by atoms with Crippen LogP contribution in [0.2, 0.25) is 0 Å². The van der Waals surface area contributed by atoms with Crippen molar-refractivity contribution in [2.45, 2.75) is 49.5 Å². The van der Waals surface area contributed by atoms with E-state index in [1.54, 1.807) is 39.6 Å². The third kappa shape index (κ3) is 16.5. The quantitative estimate of drug-likeness (QED) is 0.110. The SMILES string of the molecule is C=Cc1ccccc1.CC(C)(CC(SC(=S)c1ccccc1)c1ccccc1)c1ccccc1.CC(C)(SC(=S)c1ccccc1)c1ccccc1.[B].[NH]=[Al]. The molecule has 0 fully saturated rings. The number of hydrogen-bond acceptors (Lipinski definition) is 5. The predicted octanol–water partition coefficient (Wildman–Crippen LogP) is 14.1. The first-order valence-electron chi connectivity index (χ1n) is 17.8. The molecular weight excluding hydrogens is 757 g/mol. The van der Waals surface area contributed by atoms with Crippen LogP contribution in [0, 0.1) is 4.35 Å². The number of rotatable bonds is 10. The van der Waals surface area contributed by atoms with E-state index in [1.807, 2.05) is 78.9 Å². The van der Waals surface area contributed by atoms with Crippen LogP contribution in [0.25, 0.3) is 6.08 Å². The number of hydrogen-bond donors (Lipinski definition) is 1. The van der Waals surface area contributed by atoms with Gasteiger partial charge in [0.1, 0.15) is 0 Å². The van der Waals surface area contributed by atoms with Gasteiger partial charge >= 0.3 is 20.4 Å². The van der Waals surface area contributed by atoms with Gasteiger partial charge in [-0.1, -0.05) is 233 Å². The summed E-state index contributed by atoms with van der Waals surface area (Å²) in [5.41, 5.74) is 7.50. The Labute approximate surface area is 360 Å². The molecule has 0 aliphatic carbocycles. The predicted molar refractivity (Wildman–Crippen MR) is 255 cm³/mol. The Balaban J connectivity index is 0.000000311. The Bertz CT molecular complexity index is 1960. The second-order valence-corrected chi connectivity index (χ2v) is 17.6. The van der Waals surface area contributed by atoms with E-state index in [0.29, 0.717) is 5.25 Å². The number of benzene rings is 6. The summed E-state index contributed by atoms with van der Waals surface area (Å²) in [6, 6.07) is 62.5. The zero-order valence-electron chi connectivity index (χ0n) is 32.2. The number of thiocarbonyl (C=S) groups is 2. The minimum absolute atomic E-state index is 0. The van der Waals surface area contributed by atoms with Crippen LogP contribution in [0.5, 0.6) is 0 Å². The van der Waals surface area contributed by atoms with Crippen molar-refractivity contribution in [1.29, 1.82) is 4.35 Å². The van der Waals surface area contributed by atoms with E-state index in [9.17, 15) is 0 Å². The molecule has 276 valence electrons. The van der Waals surface area contributed by atoms with Crippen LogP contribution in [-0.2, 0) is 10.2 Å². The molecule has 4 radical (unpaired) electrons. The Morgan fingerprint density at radius 3 is 1.36 bits per heavy atom. The first kappa shape index (κ1) is 47.5. The fourth-order valence-corrected chi connectivity index (χ4v) is 9.03. The van der Waals surface area contributed by atoms with Crippen molar-refractivity contribution in [2.24, 2.45) is 0 Å². The molecule has 1 nitrogen and oxygen atoms in total. The van der Waals surface area contributed by atoms with Crippen LogP contribution in [0.4, 0.5) is 0 Å². The molecule has 1 atom stereocenters. The molecule has 55 heavy (non-hydrogen) atoms. The first-order chi connectivity index (χ1) is 26.1. The third-order valence-corrected chi connectivity index (χ3v) is 11.9. The van der Waals surface area contributed by atoms with Crippen molar-refractivity contribution >= 4 is 86.9 Å². The van der Waals surface area contributed by atoms with Crippen LogP contribution in [-0.4, -0.2) is 32.9 Å². The second-order valence-electron chi connectivity index (χ2n) is 13.4. The molecule has 0 saturated heterocycles. The molecular formula is C48H49AlBNS4. The molecule has 0 saturated carbocycles. The van der Waals surface area contributed by atoms with Gasteiger partial charge in [-0.3, -0.25) is 0 Å². The van der Waals surface area contributed by atoms with Gasteiger partial charge < -0.3 is 0 Å². The van der Waals surface area contributed by atoms with Gasteiger partial charge in [0.15, 0.2) is 0 Å². The van der Waals surface area contributed by atoms with Crippen molar-refractivity contribution in [3.8, 4) is 0 Å². The molecule has 1 N–H and O–H groups in total. The van der Waals surface area contributed by atoms with E-state index >= 15 is 0 Å². The van der Waals surface area contributed by atoms with Crippen molar-refractivity contribution in [1.82, 2.24) is 0 Å². The van der Waals surface area contributed by atoms with Crippen LogP contribution in [0.15, 0.2) is 189 Å². The summed E-state index contributed by atoms with van der Waals surface area (Å²) in [5.74, 6) is 0. The molecule has 0 aliphatic rings. The van der Waals surface area contributed by atoms with Crippen LogP contribution < -0.4 is 0 Å². The van der Waals surface area contributed by atoms with Crippen LogP contribution in [0.3, 0.4) is 0 Å². The van der Waals surface area contributed by atoms with Crippen LogP contribution in [0.1, 0.15) is 72.7 Å². The number of nitrogens with one attached hydrogen (secondary N) is 1. The van der Waals surface area contributed by atoms with Crippen molar-refractivity contribution in [3.63, 3.8) is 0 Å². The van der Waals surface area contributed by atoms with E-state index in [2.05, 4.69) is 143 Å². The van der Waals surface area contributed by atoms with Gasteiger partial charge in [-0.2, -0.15) is 0 Å². The third-order valence-electron chi connectivity index (χ3n) is 8.54. The molecule has 6 aromatic rings. The van der Waals surface area contributed by atoms with Crippen LogP contribution >= 0.6 is 48.0 Å². The Hall–Kier alpha value is -3.66. The maximum absolute atomic E-state index is 5.77. The fraction of sp³-hybridized carbons (Fsp3) is 0.167. The Morgan fingerprint density at radius 1 is 0.582 bits per heavy atom. The average Bonchev–Trinajstić information content (AvgIpc) is 3.23. The van der Waals surface area contributed by atoms with Gasteiger partial charge in [-0.25, -0.2) is 0 Å². The summed E-state index contributed by atoms with van der Waals surface area (Å²) < 4.78 is 7.57. The van der Waals surface area contributed by atoms with Gasteiger partial charge in [-0.05, 0) is 59.1 Å². The molecule has 0 amide bonds. The zero-order valence-corrected chi connectivity index (χ0v) is 36.6. The molecule has 1 unspecified atom stereocenters. The molecule has 0 aliphatic heterocycles. The van der Waals surface area contributed by atoms with Crippen molar-refractivity contribution < 1.29 is 0 Å². The normalized spacial score (nSPS) is 10.9. The van der Waals surface area contributed by atoms with E-state index in [-0.39, 0.29) is 18.6 Å². The molecule has 0 heterocycles. The second kappa shape index (κ2) is 25.5. The van der Waals surface area contributed by atoms with Crippen molar-refractivity contribution in [2.75, 3.05) is 0 Å². The van der Waals surface area contributed by atoms with Gasteiger partial charge in [0.05, 0.1) is 8.39 Å². The topological polar surface area (TPSA) is 23.9 Å². The summed E-state index contributed by atoms with van der Waals surface area (Å²) >= 11 is 16.5. The average molecular weight is 806 g/mol. The van der Waals surface area contributed by atoms with Crippen molar-refractivity contribution in [3.05, 3.63) is 222 Å². The summed E-state index contributed by atoms with van der Waals surface area (Å²) in [6.07, 6.45) is 2.86. The van der Waals surface area contributed by atoms with E-state index in [0.717, 1.165) is 25.9 Å². The molecule has 6 rings (SSSR count). The van der Waals surface area contributed by atoms with Gasteiger partial charge in [0.25, 0.3) is 0 Å². The molecule has 6 aromatic carbocycles. The molecule has 0 bridgehead atoms. The molecule has 7 heteroatoms. The Kier molecular flexibility index (Phi) is 22.0. The summed E-state index contributed by atoms with van der Waals surface area (Å²) in [5, 5.41) is 0.319. The van der Waals surface area contributed by atoms with Gasteiger partial charge in [0.2, 0.25) is 0 Å². The summed E-state index contributed by atoms with van der Waals surface area (Å²) in [7, 11) is 0. The minimum atomic E-state index is -0.00577. The van der Waals surface area contributed by atoms with E-state index in [1.165, 1.54) is 22.3 Å². The van der Waals surface area contributed by atoms with E-state index < -0.39 is 0 Å².